The number of nitrogens with zero attached hydrogens (tertiary/aromatic N) is 2. The molecule has 0 bridgehead atoms. The molecule has 1 aliphatic rings. The van der Waals surface area contributed by atoms with Gasteiger partial charge in [0.05, 0.1) is 6.54 Å². The molecule has 0 fully saturated rings. The second-order valence-electron chi connectivity index (χ2n) is 3.23. The third-order valence-corrected chi connectivity index (χ3v) is 2.79. The number of likely N-dealkylation sites (N-methyl/N-ethyl adjacent to an activating group) is 1. The largest absolute Gasteiger partial charge is 2.00 e. The van der Waals surface area contributed by atoms with E-state index in [0.29, 0.717) is 12.2 Å². The predicted molar refractivity (Wildman–Crippen MR) is 67.2 cm³/mol. The minimum absolute atomic E-state index is 0. The van der Waals surface area contributed by atoms with Crippen LogP contribution in [0, 0.1) is 13.5 Å². The fraction of sp³-hybridized carbons (Fsp3) is 0.182. The zero-order valence-corrected chi connectivity index (χ0v) is 13.9. The van der Waals surface area contributed by atoms with E-state index >= 15 is 0 Å². The number of hydrogen-bond donors (Lipinski definition) is 2. The van der Waals surface area contributed by atoms with E-state index in [9.17, 15) is 4.79 Å². The van der Waals surface area contributed by atoms with Crippen LogP contribution in [0.3, 0.4) is 0 Å². The number of hydrogen-bond acceptors (Lipinski definition) is 5. The average Bonchev–Trinajstić information content (AvgIpc) is 2.82. The summed E-state index contributed by atoms with van der Waals surface area (Å²) in [6, 6.07) is 0. The Balaban J connectivity index is 0.00000144. The van der Waals surface area contributed by atoms with Gasteiger partial charge in [0.2, 0.25) is 0 Å². The van der Waals surface area contributed by atoms with Crippen LogP contribution in [0.1, 0.15) is 5.01 Å². The summed E-state index contributed by atoms with van der Waals surface area (Å²) in [5.74, 6) is -0.0942. The number of nitrogens with one attached hydrogen (secondary N) is 2. The molecule has 7 heteroatoms. The molecule has 2 heterocycles. The first kappa shape index (κ1) is 16.9. The molecule has 2 N–H and O–H groups in total. The second kappa shape index (κ2) is 8.06. The van der Waals surface area contributed by atoms with Crippen molar-refractivity contribution in [2.75, 3.05) is 7.05 Å². The molecule has 1 aromatic heterocycles. The Hall–Kier alpha value is -1.13. The number of aromatic nitrogens is 1. The van der Waals surface area contributed by atoms with Crippen molar-refractivity contribution in [1.82, 2.24) is 20.7 Å². The molecular weight excluding hydrogens is 420 g/mol. The van der Waals surface area contributed by atoms with Gasteiger partial charge in [0.25, 0.3) is 0 Å². The van der Waals surface area contributed by atoms with Crippen LogP contribution in [0.4, 0.5) is 0 Å². The summed E-state index contributed by atoms with van der Waals surface area (Å²) in [6.45, 7) is 0.513. The third-order valence-electron chi connectivity index (χ3n) is 2.02. The van der Waals surface area contributed by atoms with Crippen LogP contribution < -0.4 is 10.9 Å². The minimum atomic E-state index is -0.0942. The molecule has 1 amide bonds. The molecule has 0 atom stereocenters. The number of amides is 1. The molecular formula is C11H14N4OSW. The quantitative estimate of drug-likeness (QED) is 0.694. The van der Waals surface area contributed by atoms with Gasteiger partial charge in [0.15, 0.2) is 5.91 Å². The van der Waals surface area contributed by atoms with E-state index in [1.807, 2.05) is 5.38 Å². The number of hydrazine groups is 1. The Labute approximate surface area is 125 Å². The Bertz CT molecular complexity index is 430. The summed E-state index contributed by atoms with van der Waals surface area (Å²) in [4.78, 5) is 17.6. The zero-order valence-electron chi connectivity index (χ0n) is 10.1. The van der Waals surface area contributed by atoms with Crippen molar-refractivity contribution in [1.29, 1.82) is 0 Å². The van der Waals surface area contributed by atoms with Crippen LogP contribution in [0.15, 0.2) is 29.5 Å². The van der Waals surface area contributed by atoms with Gasteiger partial charge in [0.1, 0.15) is 5.01 Å². The van der Waals surface area contributed by atoms with Crippen LogP contribution in [-0.2, 0) is 32.4 Å². The van der Waals surface area contributed by atoms with Crippen molar-refractivity contribution in [3.63, 3.8) is 0 Å². The first-order valence-electron chi connectivity index (χ1n) is 4.70. The molecule has 0 radical (unpaired) electrons. The average molecular weight is 434 g/mol. The van der Waals surface area contributed by atoms with E-state index in [1.165, 1.54) is 11.3 Å². The molecule has 0 saturated carbocycles. The molecule has 18 heavy (non-hydrogen) atoms. The van der Waals surface area contributed by atoms with Crippen LogP contribution in [0.5, 0.6) is 0 Å². The summed E-state index contributed by atoms with van der Waals surface area (Å²) in [7, 11) is 1.74. The molecule has 0 unspecified atom stereocenters. The minimum Gasteiger partial charge on any atom is -0.376 e. The van der Waals surface area contributed by atoms with E-state index in [1.54, 1.807) is 30.4 Å². The first-order chi connectivity index (χ1) is 7.77. The number of thiazole rings is 1. The monoisotopic (exact) mass is 434 g/mol. The van der Waals surface area contributed by atoms with E-state index in [0.717, 1.165) is 5.01 Å². The molecule has 0 spiro atoms. The van der Waals surface area contributed by atoms with E-state index < -0.39 is 0 Å². The summed E-state index contributed by atoms with van der Waals surface area (Å²) in [5, 5.41) is 2.81. The van der Waals surface area contributed by atoms with E-state index in [2.05, 4.69) is 21.9 Å². The smallest absolute Gasteiger partial charge is 0.376 e. The summed E-state index contributed by atoms with van der Waals surface area (Å²) >= 11 is 1.53. The van der Waals surface area contributed by atoms with Gasteiger partial charge in [-0.25, -0.2) is 17.1 Å². The van der Waals surface area contributed by atoms with Gasteiger partial charge in [-0.15, -0.1) is 11.3 Å². The number of allylic oxidation sites excluding steroid dienone is 2. The predicted octanol–water partition coefficient (Wildman–Crippen LogP) is 0.858. The van der Waals surface area contributed by atoms with Crippen LogP contribution in [0.2, 0.25) is 0 Å². The van der Waals surface area contributed by atoms with Crippen molar-refractivity contribution < 1.29 is 25.9 Å². The number of carbonyl (C=O) groups excluding carboxylic acids is 1. The van der Waals surface area contributed by atoms with Crippen molar-refractivity contribution >= 4 is 17.2 Å². The van der Waals surface area contributed by atoms with E-state index in [4.69, 9.17) is 0 Å². The van der Waals surface area contributed by atoms with Crippen molar-refractivity contribution in [2.24, 2.45) is 0 Å². The van der Waals surface area contributed by atoms with Crippen LogP contribution in [0.25, 0.3) is 0 Å². The van der Waals surface area contributed by atoms with Gasteiger partial charge in [-0.3, -0.25) is 4.79 Å². The second-order valence-corrected chi connectivity index (χ2v) is 4.20. The maximum Gasteiger partial charge on any atom is 2.00 e. The number of rotatable bonds is 3. The van der Waals surface area contributed by atoms with Gasteiger partial charge in [-0.1, -0.05) is 6.20 Å². The summed E-state index contributed by atoms with van der Waals surface area (Å²) in [6.07, 6.45) is 7.74. The van der Waals surface area contributed by atoms with Crippen LogP contribution in [-0.4, -0.2) is 22.8 Å². The van der Waals surface area contributed by atoms with Crippen molar-refractivity contribution in [3.8, 4) is 0 Å². The molecule has 0 saturated heterocycles. The molecule has 96 valence electrons. The van der Waals surface area contributed by atoms with E-state index in [-0.39, 0.29) is 34.4 Å². The topological polar surface area (TPSA) is 57.3 Å². The van der Waals surface area contributed by atoms with Gasteiger partial charge in [-0.2, -0.15) is 0 Å². The van der Waals surface area contributed by atoms with Gasteiger partial charge in [0, 0.05) is 18.6 Å². The maximum absolute atomic E-state index is 11.9. The Morgan fingerprint density at radius 2 is 2.39 bits per heavy atom. The van der Waals surface area contributed by atoms with Gasteiger partial charge >= 0.3 is 21.1 Å². The van der Waals surface area contributed by atoms with Gasteiger partial charge in [-0.05, 0) is 5.70 Å². The molecule has 2 rings (SSSR count). The third kappa shape index (κ3) is 4.27. The number of carbonyl (C=O) groups is 1. The standard InChI is InChI=1S/C10H11N4OS.CH3.W/c1-14(7-9-11-5-6-16-9)10(15)8-3-2-4-12-13-8;;/h3-6,12-13H,7H2,1H3;1H3;/q2*-1;+2. The molecule has 1 aromatic rings. The zero-order chi connectivity index (χ0) is 11.4. The molecule has 1 aliphatic heterocycles. The first-order valence-corrected chi connectivity index (χ1v) is 5.58. The maximum atomic E-state index is 11.9. The molecule has 5 nitrogen and oxygen atoms in total. The fourth-order valence-electron chi connectivity index (χ4n) is 1.24. The summed E-state index contributed by atoms with van der Waals surface area (Å²) in [5.41, 5.74) is 5.95. The summed E-state index contributed by atoms with van der Waals surface area (Å²) < 4.78 is 0. The van der Waals surface area contributed by atoms with Crippen molar-refractivity contribution in [2.45, 2.75) is 6.54 Å². The Morgan fingerprint density at radius 3 is 2.94 bits per heavy atom. The van der Waals surface area contributed by atoms with Crippen molar-refractivity contribution in [3.05, 3.63) is 48.1 Å². The Morgan fingerprint density at radius 1 is 1.61 bits per heavy atom. The molecule has 0 aliphatic carbocycles. The normalized spacial score (nSPS) is 12.2. The molecule has 0 aromatic carbocycles. The SMILES string of the molecule is CN(Cc1nccs1)C(=O)C1=C[C-]=CNN1.[CH3-].[W+2]. The Kier molecular flexibility index (Phi) is 7.55. The van der Waals surface area contributed by atoms with Crippen LogP contribution >= 0.6 is 11.3 Å². The fourth-order valence-corrected chi connectivity index (χ4v) is 1.91. The van der Waals surface area contributed by atoms with Gasteiger partial charge < -0.3 is 23.2 Å².